The molecule has 0 aromatic heterocycles. The van der Waals surface area contributed by atoms with E-state index in [1.54, 1.807) is 18.2 Å². The summed E-state index contributed by atoms with van der Waals surface area (Å²) in [5.74, 6) is 1.43. The minimum Gasteiger partial charge on any atom is -0.457 e. The third kappa shape index (κ3) is 4.01. The highest BCUT2D eigenvalue weighted by molar-refractivity contribution is 6.31. The van der Waals surface area contributed by atoms with Crippen LogP contribution in [-0.4, -0.2) is 0 Å². The Bertz CT molecular complexity index is 629. The van der Waals surface area contributed by atoms with Crippen LogP contribution in [0, 0.1) is 25.2 Å². The average molecular weight is 288 g/mol. The highest BCUT2D eigenvalue weighted by Gasteiger charge is 2.05. The van der Waals surface area contributed by atoms with Crippen molar-refractivity contribution in [1.29, 1.82) is 5.26 Å². The van der Waals surface area contributed by atoms with E-state index in [1.165, 1.54) is 0 Å². The van der Waals surface area contributed by atoms with Crippen LogP contribution in [0.2, 0.25) is 5.02 Å². The lowest BCUT2D eigenvalue weighted by molar-refractivity contribution is 0.478. The van der Waals surface area contributed by atoms with E-state index in [0.29, 0.717) is 16.3 Å². The molecule has 0 saturated heterocycles. The summed E-state index contributed by atoms with van der Waals surface area (Å²) in [6, 6.07) is 13.1. The van der Waals surface area contributed by atoms with Crippen molar-refractivity contribution >= 4 is 11.6 Å². The van der Waals surface area contributed by atoms with Crippen molar-refractivity contribution in [2.24, 2.45) is 0 Å². The molecule has 2 nitrogen and oxygen atoms in total. The third-order valence-corrected chi connectivity index (χ3v) is 2.95. The van der Waals surface area contributed by atoms with Crippen LogP contribution in [0.5, 0.6) is 11.5 Å². The van der Waals surface area contributed by atoms with Gasteiger partial charge in [-0.2, -0.15) is 5.26 Å². The van der Waals surface area contributed by atoms with Gasteiger partial charge in [0, 0.05) is 6.07 Å². The predicted molar refractivity (Wildman–Crippen MR) is 83.5 cm³/mol. The highest BCUT2D eigenvalue weighted by Crippen LogP contribution is 2.29. The maximum atomic E-state index is 8.80. The molecular formula is C17H18ClNO. The number of rotatable bonds is 2. The highest BCUT2D eigenvalue weighted by atomic mass is 35.5. The van der Waals surface area contributed by atoms with Crippen LogP contribution in [0.1, 0.15) is 30.5 Å². The molecule has 0 aliphatic carbocycles. The lowest BCUT2D eigenvalue weighted by Gasteiger charge is -2.10. The van der Waals surface area contributed by atoms with Crippen molar-refractivity contribution in [1.82, 2.24) is 0 Å². The molecule has 20 heavy (non-hydrogen) atoms. The molecule has 0 spiro atoms. The van der Waals surface area contributed by atoms with E-state index >= 15 is 0 Å². The Hall–Kier alpha value is -1.98. The number of aryl methyl sites for hydroxylation is 2. The number of ether oxygens (including phenoxy) is 1. The fourth-order valence-corrected chi connectivity index (χ4v) is 1.81. The molecule has 0 heterocycles. The summed E-state index contributed by atoms with van der Waals surface area (Å²) in [5.41, 5.74) is 2.64. The molecule has 0 unspecified atom stereocenters. The van der Waals surface area contributed by atoms with Gasteiger partial charge < -0.3 is 4.74 Å². The molecule has 104 valence electrons. The molecule has 2 aromatic carbocycles. The minimum absolute atomic E-state index is 0.403. The molecule has 0 N–H and O–H groups in total. The number of hydrogen-bond donors (Lipinski definition) is 0. The molecule has 3 heteroatoms. The molecule has 0 bridgehead atoms. The monoisotopic (exact) mass is 287 g/mol. The van der Waals surface area contributed by atoms with Crippen LogP contribution in [0.4, 0.5) is 0 Å². The molecule has 0 atom stereocenters. The Morgan fingerprint density at radius 3 is 2.35 bits per heavy atom. The number of halogens is 1. The molecular weight excluding hydrogens is 270 g/mol. The van der Waals surface area contributed by atoms with Gasteiger partial charge in [0.25, 0.3) is 0 Å². The topological polar surface area (TPSA) is 33.0 Å². The van der Waals surface area contributed by atoms with Crippen LogP contribution < -0.4 is 4.74 Å². The zero-order chi connectivity index (χ0) is 15.1. The zero-order valence-corrected chi connectivity index (χ0v) is 13.0. The quantitative estimate of drug-likeness (QED) is 0.715. The van der Waals surface area contributed by atoms with Gasteiger partial charge in [-0.05, 0) is 43.2 Å². The first-order valence-electron chi connectivity index (χ1n) is 6.55. The lowest BCUT2D eigenvalue weighted by Crippen LogP contribution is -1.89. The maximum Gasteiger partial charge on any atom is 0.130 e. The summed E-state index contributed by atoms with van der Waals surface area (Å²) >= 11 is 5.96. The summed E-state index contributed by atoms with van der Waals surface area (Å²) in [6.07, 6.45) is 0. The molecule has 0 radical (unpaired) electrons. The first-order valence-corrected chi connectivity index (χ1v) is 6.92. The van der Waals surface area contributed by atoms with Gasteiger partial charge in [0.2, 0.25) is 0 Å². The van der Waals surface area contributed by atoms with Gasteiger partial charge in [0.05, 0.1) is 10.6 Å². The average Bonchev–Trinajstić information content (AvgIpc) is 2.45. The SMILES string of the molecule is CC.Cc1ccc(C)c(Oc2ccc(C#N)c(Cl)c2)c1. The van der Waals surface area contributed by atoms with Crippen LogP contribution in [0.3, 0.4) is 0 Å². The van der Waals surface area contributed by atoms with Gasteiger partial charge in [-0.15, -0.1) is 0 Å². The molecule has 0 saturated carbocycles. The first-order chi connectivity index (χ1) is 9.60. The Balaban J connectivity index is 0.000000956. The van der Waals surface area contributed by atoms with Crippen molar-refractivity contribution in [2.45, 2.75) is 27.7 Å². The van der Waals surface area contributed by atoms with Gasteiger partial charge in [-0.1, -0.05) is 37.6 Å². The molecule has 0 fully saturated rings. The van der Waals surface area contributed by atoms with Crippen LogP contribution in [-0.2, 0) is 0 Å². The van der Waals surface area contributed by atoms with Crippen molar-refractivity contribution < 1.29 is 4.74 Å². The van der Waals surface area contributed by atoms with Gasteiger partial charge in [-0.25, -0.2) is 0 Å². The van der Waals surface area contributed by atoms with Gasteiger partial charge in [0.15, 0.2) is 0 Å². The van der Waals surface area contributed by atoms with Crippen LogP contribution in [0.15, 0.2) is 36.4 Å². The fraction of sp³-hybridized carbons (Fsp3) is 0.235. The molecule has 0 aliphatic rings. The second kappa shape index (κ2) is 7.57. The Morgan fingerprint density at radius 1 is 1.05 bits per heavy atom. The van der Waals surface area contributed by atoms with Crippen molar-refractivity contribution in [2.75, 3.05) is 0 Å². The number of nitriles is 1. The predicted octanol–water partition coefficient (Wildman–Crippen LogP) is 5.65. The van der Waals surface area contributed by atoms with E-state index in [1.807, 2.05) is 52.0 Å². The minimum atomic E-state index is 0.403. The van der Waals surface area contributed by atoms with Crippen LogP contribution in [0.25, 0.3) is 0 Å². The standard InChI is InChI=1S/C15H12ClNO.C2H6/c1-10-3-4-11(2)15(7-10)18-13-6-5-12(9-17)14(16)8-13;1-2/h3-8H,1-2H3;1-2H3. The normalized spacial score (nSPS) is 9.20. The van der Waals surface area contributed by atoms with E-state index in [-0.39, 0.29) is 0 Å². The zero-order valence-electron chi connectivity index (χ0n) is 12.2. The largest absolute Gasteiger partial charge is 0.457 e. The van der Waals surface area contributed by atoms with E-state index in [2.05, 4.69) is 0 Å². The van der Waals surface area contributed by atoms with E-state index in [0.717, 1.165) is 16.9 Å². The first kappa shape index (κ1) is 16.1. The van der Waals surface area contributed by atoms with Crippen molar-refractivity contribution in [3.8, 4) is 17.6 Å². The second-order valence-corrected chi connectivity index (χ2v) is 4.53. The van der Waals surface area contributed by atoms with Gasteiger partial charge in [0.1, 0.15) is 17.6 Å². The molecule has 0 amide bonds. The summed E-state index contributed by atoms with van der Waals surface area (Å²) < 4.78 is 5.78. The van der Waals surface area contributed by atoms with Crippen molar-refractivity contribution in [3.63, 3.8) is 0 Å². The molecule has 2 aromatic rings. The van der Waals surface area contributed by atoms with E-state index < -0.39 is 0 Å². The molecule has 0 aliphatic heterocycles. The Morgan fingerprint density at radius 2 is 1.75 bits per heavy atom. The van der Waals surface area contributed by atoms with E-state index in [4.69, 9.17) is 21.6 Å². The van der Waals surface area contributed by atoms with Gasteiger partial charge in [-0.3, -0.25) is 0 Å². The summed E-state index contributed by atoms with van der Waals surface area (Å²) in [6.45, 7) is 8.00. The van der Waals surface area contributed by atoms with Gasteiger partial charge >= 0.3 is 0 Å². The third-order valence-electron chi connectivity index (χ3n) is 2.63. The number of benzene rings is 2. The Kier molecular flexibility index (Phi) is 6.09. The summed E-state index contributed by atoms with van der Waals surface area (Å²) in [7, 11) is 0. The lowest BCUT2D eigenvalue weighted by atomic mass is 10.1. The summed E-state index contributed by atoms with van der Waals surface area (Å²) in [4.78, 5) is 0. The molecule has 2 rings (SSSR count). The smallest absolute Gasteiger partial charge is 0.130 e. The van der Waals surface area contributed by atoms with E-state index in [9.17, 15) is 0 Å². The van der Waals surface area contributed by atoms with Crippen LogP contribution >= 0.6 is 11.6 Å². The van der Waals surface area contributed by atoms with Crippen molar-refractivity contribution in [3.05, 3.63) is 58.1 Å². The number of nitrogens with zero attached hydrogens (tertiary/aromatic N) is 1. The second-order valence-electron chi connectivity index (χ2n) is 4.12. The summed E-state index contributed by atoms with van der Waals surface area (Å²) in [5, 5.41) is 9.21. The maximum absolute atomic E-state index is 8.80. The fourth-order valence-electron chi connectivity index (χ4n) is 1.59. The Labute approximate surface area is 125 Å². The number of hydrogen-bond acceptors (Lipinski definition) is 2.